The van der Waals surface area contributed by atoms with Crippen LogP contribution in [0.15, 0.2) is 18.3 Å². The lowest BCUT2D eigenvalue weighted by Crippen LogP contribution is -2.04. The lowest BCUT2D eigenvalue weighted by atomic mass is 10.00. The van der Waals surface area contributed by atoms with Crippen LogP contribution in [0.5, 0.6) is 0 Å². The molecule has 0 saturated heterocycles. The molecule has 0 aliphatic rings. The molecule has 1 aromatic rings. The Morgan fingerprint density at radius 2 is 2.25 bits per heavy atom. The summed E-state index contributed by atoms with van der Waals surface area (Å²) >= 11 is 0. The molecule has 1 heterocycles. The molecule has 1 unspecified atom stereocenters. The van der Waals surface area contributed by atoms with Crippen LogP contribution in [-0.4, -0.2) is 11.5 Å². The van der Waals surface area contributed by atoms with Crippen molar-refractivity contribution in [3.63, 3.8) is 0 Å². The zero-order valence-electron chi connectivity index (χ0n) is 7.75. The van der Waals surface area contributed by atoms with E-state index in [0.29, 0.717) is 5.92 Å². The molecule has 0 radical (unpaired) electrons. The average Bonchev–Trinajstić information content (AvgIpc) is 2.06. The maximum absolute atomic E-state index is 5.48. The molecule has 0 amide bonds. The lowest BCUT2D eigenvalue weighted by Gasteiger charge is -2.09. The second kappa shape index (κ2) is 4.21. The molecule has 1 aromatic heterocycles. The predicted octanol–water partition coefficient (Wildman–Crippen LogP) is 1.84. The van der Waals surface area contributed by atoms with Crippen molar-refractivity contribution in [2.24, 2.45) is 5.73 Å². The summed E-state index contributed by atoms with van der Waals surface area (Å²) in [4.78, 5) is 4.24. The number of hydrogen-bond acceptors (Lipinski definition) is 2. The highest BCUT2D eigenvalue weighted by Crippen LogP contribution is 2.16. The third-order valence-electron chi connectivity index (χ3n) is 2.10. The maximum atomic E-state index is 5.48. The molecule has 66 valence electrons. The Morgan fingerprint density at radius 3 is 2.75 bits per heavy atom. The van der Waals surface area contributed by atoms with Crippen molar-refractivity contribution in [2.75, 3.05) is 6.54 Å². The van der Waals surface area contributed by atoms with Gasteiger partial charge in [0.25, 0.3) is 0 Å². The van der Waals surface area contributed by atoms with E-state index in [9.17, 15) is 0 Å². The molecule has 2 N–H and O–H groups in total. The van der Waals surface area contributed by atoms with Crippen molar-refractivity contribution in [1.29, 1.82) is 0 Å². The van der Waals surface area contributed by atoms with Crippen molar-refractivity contribution in [1.82, 2.24) is 4.98 Å². The summed E-state index contributed by atoms with van der Waals surface area (Å²) in [5.74, 6) is 0.531. The predicted molar refractivity (Wildman–Crippen MR) is 51.1 cm³/mol. The van der Waals surface area contributed by atoms with Crippen LogP contribution in [0.2, 0.25) is 0 Å². The van der Waals surface area contributed by atoms with Crippen molar-refractivity contribution in [2.45, 2.75) is 26.2 Å². The first-order valence-corrected chi connectivity index (χ1v) is 4.36. The van der Waals surface area contributed by atoms with Crippen molar-refractivity contribution in [3.8, 4) is 0 Å². The monoisotopic (exact) mass is 164 g/mol. The third-order valence-corrected chi connectivity index (χ3v) is 2.10. The van der Waals surface area contributed by atoms with Gasteiger partial charge in [0.15, 0.2) is 0 Å². The van der Waals surface area contributed by atoms with E-state index in [2.05, 4.69) is 18.0 Å². The Kier molecular flexibility index (Phi) is 3.23. The Labute approximate surface area is 73.8 Å². The number of hydrogen-bond donors (Lipinski definition) is 1. The third kappa shape index (κ3) is 2.31. The van der Waals surface area contributed by atoms with E-state index in [1.54, 1.807) is 0 Å². The van der Waals surface area contributed by atoms with E-state index >= 15 is 0 Å². The lowest BCUT2D eigenvalue weighted by molar-refractivity contribution is 0.687. The summed E-state index contributed by atoms with van der Waals surface area (Å²) in [6.45, 7) is 4.92. The second-order valence-electron chi connectivity index (χ2n) is 3.21. The van der Waals surface area contributed by atoms with Crippen LogP contribution in [0.25, 0.3) is 0 Å². The highest BCUT2D eigenvalue weighted by atomic mass is 14.7. The molecule has 0 spiro atoms. The molecular weight excluding hydrogens is 148 g/mol. The van der Waals surface area contributed by atoms with E-state index in [1.165, 1.54) is 5.56 Å². The number of nitrogens with zero attached hydrogens (tertiary/aromatic N) is 1. The van der Waals surface area contributed by atoms with E-state index in [0.717, 1.165) is 18.7 Å². The number of aromatic nitrogens is 1. The van der Waals surface area contributed by atoms with Crippen LogP contribution in [-0.2, 0) is 0 Å². The topological polar surface area (TPSA) is 38.9 Å². The first-order valence-electron chi connectivity index (χ1n) is 4.36. The summed E-state index contributed by atoms with van der Waals surface area (Å²) < 4.78 is 0. The SMILES string of the molecule is Cc1ccc(C(C)CCN)cn1. The van der Waals surface area contributed by atoms with Gasteiger partial charge < -0.3 is 5.73 Å². The highest BCUT2D eigenvalue weighted by molar-refractivity contribution is 5.16. The van der Waals surface area contributed by atoms with Crippen LogP contribution in [0, 0.1) is 6.92 Å². The van der Waals surface area contributed by atoms with Gasteiger partial charge in [-0.25, -0.2) is 0 Å². The summed E-state index contributed by atoms with van der Waals surface area (Å²) in [6.07, 6.45) is 2.97. The van der Waals surface area contributed by atoms with E-state index < -0.39 is 0 Å². The van der Waals surface area contributed by atoms with Crippen molar-refractivity contribution >= 4 is 0 Å². The van der Waals surface area contributed by atoms with Crippen LogP contribution < -0.4 is 5.73 Å². The van der Waals surface area contributed by atoms with E-state index in [1.807, 2.05) is 19.2 Å². The molecule has 0 saturated carbocycles. The van der Waals surface area contributed by atoms with Crippen LogP contribution >= 0.6 is 0 Å². The minimum atomic E-state index is 0.531. The van der Waals surface area contributed by atoms with Gasteiger partial charge >= 0.3 is 0 Å². The van der Waals surface area contributed by atoms with Crippen LogP contribution in [0.4, 0.5) is 0 Å². The zero-order chi connectivity index (χ0) is 8.97. The first kappa shape index (κ1) is 9.20. The minimum Gasteiger partial charge on any atom is -0.330 e. The number of pyridine rings is 1. The molecule has 2 heteroatoms. The Bertz CT molecular complexity index is 228. The normalized spacial score (nSPS) is 12.9. The average molecular weight is 164 g/mol. The van der Waals surface area contributed by atoms with Crippen LogP contribution in [0.1, 0.15) is 30.5 Å². The quantitative estimate of drug-likeness (QED) is 0.740. The standard InChI is InChI=1S/C10H16N2/c1-8(5-6-11)10-4-3-9(2)12-7-10/h3-4,7-8H,5-6,11H2,1-2H3. The zero-order valence-corrected chi connectivity index (χ0v) is 7.75. The van der Waals surface area contributed by atoms with Gasteiger partial charge in [0.2, 0.25) is 0 Å². The molecule has 2 nitrogen and oxygen atoms in total. The molecule has 0 aromatic carbocycles. The Balaban J connectivity index is 2.68. The van der Waals surface area contributed by atoms with E-state index in [4.69, 9.17) is 5.73 Å². The van der Waals surface area contributed by atoms with Gasteiger partial charge in [-0.2, -0.15) is 0 Å². The van der Waals surface area contributed by atoms with Gasteiger partial charge in [0.05, 0.1) is 0 Å². The van der Waals surface area contributed by atoms with Crippen molar-refractivity contribution in [3.05, 3.63) is 29.6 Å². The summed E-state index contributed by atoms with van der Waals surface area (Å²) in [7, 11) is 0. The fourth-order valence-corrected chi connectivity index (χ4v) is 1.19. The highest BCUT2D eigenvalue weighted by Gasteiger charge is 2.03. The minimum absolute atomic E-state index is 0.531. The smallest absolute Gasteiger partial charge is 0.0372 e. The van der Waals surface area contributed by atoms with E-state index in [-0.39, 0.29) is 0 Å². The molecule has 0 fully saturated rings. The van der Waals surface area contributed by atoms with Gasteiger partial charge in [0.1, 0.15) is 0 Å². The fourth-order valence-electron chi connectivity index (χ4n) is 1.19. The fraction of sp³-hybridized carbons (Fsp3) is 0.500. The van der Waals surface area contributed by atoms with Gasteiger partial charge in [-0.15, -0.1) is 0 Å². The molecule has 0 bridgehead atoms. The molecule has 12 heavy (non-hydrogen) atoms. The van der Waals surface area contributed by atoms with Crippen LogP contribution in [0.3, 0.4) is 0 Å². The number of nitrogens with two attached hydrogens (primary N) is 1. The van der Waals surface area contributed by atoms with Gasteiger partial charge in [-0.1, -0.05) is 13.0 Å². The molecule has 1 atom stereocenters. The summed E-state index contributed by atoms with van der Waals surface area (Å²) in [5, 5.41) is 0. The maximum Gasteiger partial charge on any atom is 0.0372 e. The van der Waals surface area contributed by atoms with Crippen molar-refractivity contribution < 1.29 is 0 Å². The van der Waals surface area contributed by atoms with Gasteiger partial charge in [-0.05, 0) is 37.4 Å². The Hall–Kier alpha value is -0.890. The molecule has 0 aliphatic heterocycles. The molecule has 0 aliphatic carbocycles. The largest absolute Gasteiger partial charge is 0.330 e. The summed E-state index contributed by atoms with van der Waals surface area (Å²) in [5.41, 5.74) is 7.83. The van der Waals surface area contributed by atoms with Gasteiger partial charge in [-0.3, -0.25) is 4.98 Å². The molecule has 1 rings (SSSR count). The molecular formula is C10H16N2. The number of aryl methyl sites for hydroxylation is 1. The first-order chi connectivity index (χ1) is 5.74. The summed E-state index contributed by atoms with van der Waals surface area (Å²) in [6, 6.07) is 4.17. The van der Waals surface area contributed by atoms with Gasteiger partial charge in [0, 0.05) is 11.9 Å². The number of rotatable bonds is 3. The Morgan fingerprint density at radius 1 is 1.50 bits per heavy atom. The second-order valence-corrected chi connectivity index (χ2v) is 3.21.